The van der Waals surface area contributed by atoms with E-state index in [1.165, 1.54) is 0 Å². The van der Waals surface area contributed by atoms with Crippen molar-refractivity contribution in [2.24, 2.45) is 0 Å². The zero-order chi connectivity index (χ0) is 19.1. The van der Waals surface area contributed by atoms with Crippen molar-refractivity contribution < 1.29 is 4.79 Å². The standard InChI is InChI=1S/C20H20ClN5O/c1-26(13-10-15-8-11-22-12-9-15)20(27)18-6-7-19(25-24-18)23-14-16-2-4-17(21)5-3-16/h2-9,11-12H,10,13-14H2,1H3,(H,23,25). The molecule has 7 heteroatoms. The van der Waals surface area contributed by atoms with Crippen molar-refractivity contribution in [3.05, 3.63) is 82.8 Å². The van der Waals surface area contributed by atoms with Crippen LogP contribution in [0.15, 0.2) is 60.9 Å². The van der Waals surface area contributed by atoms with Gasteiger partial charge in [-0.15, -0.1) is 10.2 Å². The number of hydrogen-bond donors (Lipinski definition) is 1. The van der Waals surface area contributed by atoms with Crippen LogP contribution in [0.4, 0.5) is 5.82 Å². The Balaban J connectivity index is 1.52. The van der Waals surface area contributed by atoms with Crippen molar-refractivity contribution in [1.29, 1.82) is 0 Å². The van der Waals surface area contributed by atoms with Gasteiger partial charge in [-0.2, -0.15) is 0 Å². The second-order valence-electron chi connectivity index (χ2n) is 6.12. The first-order valence-corrected chi connectivity index (χ1v) is 8.96. The molecule has 2 aromatic heterocycles. The Bertz CT molecular complexity index is 869. The fourth-order valence-corrected chi connectivity index (χ4v) is 2.60. The minimum absolute atomic E-state index is 0.152. The lowest BCUT2D eigenvalue weighted by Gasteiger charge is -2.16. The van der Waals surface area contributed by atoms with E-state index in [0.29, 0.717) is 29.6 Å². The number of rotatable bonds is 7. The molecule has 0 aliphatic heterocycles. The predicted molar refractivity (Wildman–Crippen MR) is 106 cm³/mol. The summed E-state index contributed by atoms with van der Waals surface area (Å²) < 4.78 is 0. The first-order chi connectivity index (χ1) is 13.1. The molecule has 3 aromatic rings. The third kappa shape index (κ3) is 5.49. The molecular weight excluding hydrogens is 362 g/mol. The zero-order valence-corrected chi connectivity index (χ0v) is 15.7. The third-order valence-electron chi connectivity index (χ3n) is 4.10. The van der Waals surface area contributed by atoms with E-state index in [1.807, 2.05) is 36.4 Å². The first kappa shape index (κ1) is 18.8. The molecule has 0 atom stereocenters. The lowest BCUT2D eigenvalue weighted by atomic mass is 10.2. The average molecular weight is 382 g/mol. The predicted octanol–water partition coefficient (Wildman–Crippen LogP) is 3.45. The lowest BCUT2D eigenvalue weighted by Crippen LogP contribution is -2.29. The summed E-state index contributed by atoms with van der Waals surface area (Å²) in [4.78, 5) is 18.1. The van der Waals surface area contributed by atoms with Crippen molar-refractivity contribution in [1.82, 2.24) is 20.1 Å². The summed E-state index contributed by atoms with van der Waals surface area (Å²) in [5.74, 6) is 0.460. The second-order valence-corrected chi connectivity index (χ2v) is 6.55. The Morgan fingerprint density at radius 2 is 1.74 bits per heavy atom. The van der Waals surface area contributed by atoms with E-state index in [1.54, 1.807) is 36.5 Å². The largest absolute Gasteiger partial charge is 0.365 e. The van der Waals surface area contributed by atoms with E-state index in [0.717, 1.165) is 17.5 Å². The number of aromatic nitrogens is 3. The Morgan fingerprint density at radius 3 is 2.41 bits per heavy atom. The van der Waals surface area contributed by atoms with Gasteiger partial charge < -0.3 is 10.2 Å². The maximum atomic E-state index is 12.5. The Morgan fingerprint density at radius 1 is 1.00 bits per heavy atom. The molecule has 1 aromatic carbocycles. The molecule has 27 heavy (non-hydrogen) atoms. The fraction of sp³-hybridized carbons (Fsp3) is 0.200. The number of carbonyl (C=O) groups excluding carboxylic acids is 1. The summed E-state index contributed by atoms with van der Waals surface area (Å²) in [6, 6.07) is 14.9. The molecule has 0 aliphatic carbocycles. The van der Waals surface area contributed by atoms with Crippen LogP contribution in [-0.4, -0.2) is 39.6 Å². The SMILES string of the molecule is CN(CCc1ccncc1)C(=O)c1ccc(NCc2ccc(Cl)cc2)nn1. The maximum absolute atomic E-state index is 12.5. The molecule has 0 saturated heterocycles. The normalized spacial score (nSPS) is 10.4. The van der Waals surface area contributed by atoms with Crippen molar-refractivity contribution >= 4 is 23.3 Å². The first-order valence-electron chi connectivity index (χ1n) is 8.58. The molecule has 0 aliphatic rings. The summed E-state index contributed by atoms with van der Waals surface area (Å²) in [7, 11) is 1.76. The van der Waals surface area contributed by atoms with Gasteiger partial charge in [-0.3, -0.25) is 9.78 Å². The van der Waals surface area contributed by atoms with Crippen molar-refractivity contribution in [3.8, 4) is 0 Å². The zero-order valence-electron chi connectivity index (χ0n) is 15.0. The van der Waals surface area contributed by atoms with Crippen LogP contribution < -0.4 is 5.32 Å². The number of amides is 1. The summed E-state index contributed by atoms with van der Waals surface area (Å²) in [5.41, 5.74) is 2.54. The van der Waals surface area contributed by atoms with Crippen molar-refractivity contribution in [2.45, 2.75) is 13.0 Å². The Labute approximate surface area is 163 Å². The van der Waals surface area contributed by atoms with Gasteiger partial charge in [-0.1, -0.05) is 23.7 Å². The quantitative estimate of drug-likeness (QED) is 0.678. The minimum atomic E-state index is -0.152. The van der Waals surface area contributed by atoms with Gasteiger partial charge in [0.2, 0.25) is 0 Å². The Kier molecular flexibility index (Phi) is 6.33. The van der Waals surface area contributed by atoms with Gasteiger partial charge in [-0.25, -0.2) is 0 Å². The van der Waals surface area contributed by atoms with Crippen LogP contribution in [0.3, 0.4) is 0 Å². The minimum Gasteiger partial charge on any atom is -0.365 e. The number of hydrogen-bond acceptors (Lipinski definition) is 5. The monoisotopic (exact) mass is 381 g/mol. The molecule has 0 bridgehead atoms. The topological polar surface area (TPSA) is 71.0 Å². The number of likely N-dealkylation sites (N-methyl/N-ethyl adjacent to an activating group) is 1. The molecule has 0 unspecified atom stereocenters. The van der Waals surface area contributed by atoms with Crippen LogP contribution in [0.5, 0.6) is 0 Å². The molecule has 1 N–H and O–H groups in total. The molecule has 3 rings (SSSR count). The van der Waals surface area contributed by atoms with Crippen LogP contribution in [0.25, 0.3) is 0 Å². The van der Waals surface area contributed by atoms with Gasteiger partial charge in [-0.05, 0) is 53.9 Å². The second kappa shape index (κ2) is 9.09. The van der Waals surface area contributed by atoms with E-state index in [2.05, 4.69) is 20.5 Å². The number of benzene rings is 1. The summed E-state index contributed by atoms with van der Waals surface area (Å²) in [6.07, 6.45) is 4.26. The van der Waals surface area contributed by atoms with Gasteiger partial charge >= 0.3 is 0 Å². The summed E-state index contributed by atoms with van der Waals surface area (Å²) >= 11 is 5.88. The highest BCUT2D eigenvalue weighted by Gasteiger charge is 2.13. The van der Waals surface area contributed by atoms with E-state index >= 15 is 0 Å². The van der Waals surface area contributed by atoms with Gasteiger partial charge in [0.05, 0.1) is 0 Å². The highest BCUT2D eigenvalue weighted by molar-refractivity contribution is 6.30. The van der Waals surface area contributed by atoms with E-state index < -0.39 is 0 Å². The van der Waals surface area contributed by atoms with E-state index in [-0.39, 0.29) is 5.91 Å². The van der Waals surface area contributed by atoms with Crippen LogP contribution in [0.2, 0.25) is 5.02 Å². The molecule has 0 spiro atoms. The number of halogens is 1. The van der Waals surface area contributed by atoms with Gasteiger partial charge in [0, 0.05) is 37.6 Å². The number of anilines is 1. The molecule has 0 radical (unpaired) electrons. The lowest BCUT2D eigenvalue weighted by molar-refractivity contribution is 0.0789. The summed E-state index contributed by atoms with van der Waals surface area (Å²) in [5, 5.41) is 12.0. The van der Waals surface area contributed by atoms with Gasteiger partial charge in [0.25, 0.3) is 5.91 Å². The average Bonchev–Trinajstić information content (AvgIpc) is 2.72. The van der Waals surface area contributed by atoms with Crippen LogP contribution in [-0.2, 0) is 13.0 Å². The summed E-state index contributed by atoms with van der Waals surface area (Å²) in [6.45, 7) is 1.20. The number of nitrogens with one attached hydrogen (secondary N) is 1. The highest BCUT2D eigenvalue weighted by atomic mass is 35.5. The molecular formula is C20H20ClN5O. The smallest absolute Gasteiger partial charge is 0.274 e. The van der Waals surface area contributed by atoms with E-state index in [4.69, 9.17) is 11.6 Å². The van der Waals surface area contributed by atoms with Gasteiger partial charge in [0.15, 0.2) is 5.69 Å². The number of carbonyl (C=O) groups is 1. The molecule has 138 valence electrons. The third-order valence-corrected chi connectivity index (χ3v) is 4.35. The highest BCUT2D eigenvalue weighted by Crippen LogP contribution is 2.11. The molecule has 0 fully saturated rings. The van der Waals surface area contributed by atoms with Crippen molar-refractivity contribution in [2.75, 3.05) is 18.9 Å². The molecule has 1 amide bonds. The Hall–Kier alpha value is -2.99. The van der Waals surface area contributed by atoms with Crippen LogP contribution in [0, 0.1) is 0 Å². The van der Waals surface area contributed by atoms with Crippen LogP contribution in [0.1, 0.15) is 21.6 Å². The number of nitrogens with zero attached hydrogens (tertiary/aromatic N) is 4. The number of pyridine rings is 1. The van der Waals surface area contributed by atoms with Crippen molar-refractivity contribution in [3.63, 3.8) is 0 Å². The molecule has 0 saturated carbocycles. The van der Waals surface area contributed by atoms with E-state index in [9.17, 15) is 4.79 Å². The van der Waals surface area contributed by atoms with Crippen LogP contribution >= 0.6 is 11.6 Å². The fourth-order valence-electron chi connectivity index (χ4n) is 2.48. The molecule has 2 heterocycles. The maximum Gasteiger partial charge on any atom is 0.274 e. The van der Waals surface area contributed by atoms with Gasteiger partial charge in [0.1, 0.15) is 5.82 Å². The molecule has 6 nitrogen and oxygen atoms in total.